The predicted molar refractivity (Wildman–Crippen MR) is 117 cm³/mol. The van der Waals surface area contributed by atoms with E-state index in [-0.39, 0.29) is 11.0 Å². The first kappa shape index (κ1) is 20.6. The summed E-state index contributed by atoms with van der Waals surface area (Å²) < 4.78 is 15.5. The smallest absolute Gasteiger partial charge is 0.257 e. The molecule has 0 saturated heterocycles. The van der Waals surface area contributed by atoms with Gasteiger partial charge >= 0.3 is 0 Å². The standard InChI is InChI=1S/C20H19N3O4S2/c1-25-14-6-4-12(5-7-14)17-11-29-20(21-17)23-19(28)22-18(24)13-8-15(26-2)10-16(9-13)27-3/h4-11H,1-3H3,(H2,21,22,23,24,28). The average Bonchev–Trinajstić information content (AvgIpc) is 3.21. The molecule has 0 bridgehead atoms. The number of benzene rings is 2. The highest BCUT2D eigenvalue weighted by atomic mass is 32.1. The molecule has 1 heterocycles. The Morgan fingerprint density at radius 2 is 1.59 bits per heavy atom. The highest BCUT2D eigenvalue weighted by Gasteiger charge is 2.13. The summed E-state index contributed by atoms with van der Waals surface area (Å²) in [5.41, 5.74) is 2.11. The van der Waals surface area contributed by atoms with E-state index in [2.05, 4.69) is 15.6 Å². The summed E-state index contributed by atoms with van der Waals surface area (Å²) in [7, 11) is 4.66. The minimum absolute atomic E-state index is 0.146. The minimum Gasteiger partial charge on any atom is -0.497 e. The molecule has 2 N–H and O–H groups in total. The van der Waals surface area contributed by atoms with Crippen molar-refractivity contribution in [2.75, 3.05) is 26.6 Å². The number of nitrogens with one attached hydrogen (secondary N) is 2. The second-order valence-electron chi connectivity index (χ2n) is 5.78. The largest absolute Gasteiger partial charge is 0.497 e. The monoisotopic (exact) mass is 429 g/mol. The molecule has 3 aromatic rings. The Morgan fingerprint density at radius 3 is 2.17 bits per heavy atom. The van der Waals surface area contributed by atoms with E-state index in [0.717, 1.165) is 17.0 Å². The van der Waals surface area contributed by atoms with E-state index in [1.54, 1.807) is 25.3 Å². The van der Waals surface area contributed by atoms with Gasteiger partial charge in [-0.25, -0.2) is 4.98 Å². The van der Waals surface area contributed by atoms with Crippen molar-refractivity contribution in [1.82, 2.24) is 10.3 Å². The van der Waals surface area contributed by atoms with Crippen LogP contribution in [0, 0.1) is 0 Å². The lowest BCUT2D eigenvalue weighted by molar-refractivity contribution is 0.0977. The van der Waals surface area contributed by atoms with Crippen LogP contribution >= 0.6 is 23.6 Å². The molecule has 0 unspecified atom stereocenters. The number of thiazole rings is 1. The van der Waals surface area contributed by atoms with Gasteiger partial charge in [0, 0.05) is 22.6 Å². The Bertz CT molecular complexity index is 997. The zero-order valence-corrected chi connectivity index (χ0v) is 17.6. The average molecular weight is 430 g/mol. The number of carbonyl (C=O) groups excluding carboxylic acids is 1. The summed E-state index contributed by atoms with van der Waals surface area (Å²) in [6, 6.07) is 12.5. The topological polar surface area (TPSA) is 81.7 Å². The maximum absolute atomic E-state index is 12.5. The van der Waals surface area contributed by atoms with Gasteiger partial charge in [-0.05, 0) is 48.6 Å². The Morgan fingerprint density at radius 1 is 0.966 bits per heavy atom. The maximum atomic E-state index is 12.5. The van der Waals surface area contributed by atoms with E-state index in [9.17, 15) is 4.79 Å². The summed E-state index contributed by atoms with van der Waals surface area (Å²) in [5.74, 6) is 1.42. The van der Waals surface area contributed by atoms with E-state index < -0.39 is 0 Å². The van der Waals surface area contributed by atoms with E-state index in [1.165, 1.54) is 25.6 Å². The van der Waals surface area contributed by atoms with Crippen LogP contribution in [0.25, 0.3) is 11.3 Å². The quantitative estimate of drug-likeness (QED) is 0.574. The first-order valence-corrected chi connectivity index (χ1v) is 9.76. The fraction of sp³-hybridized carbons (Fsp3) is 0.150. The molecule has 0 aliphatic heterocycles. The van der Waals surface area contributed by atoms with Gasteiger partial charge in [0.15, 0.2) is 10.2 Å². The molecule has 0 saturated carbocycles. The molecule has 0 atom stereocenters. The molecule has 0 aliphatic carbocycles. The molecular weight excluding hydrogens is 410 g/mol. The first-order valence-electron chi connectivity index (χ1n) is 8.47. The van der Waals surface area contributed by atoms with Crippen molar-refractivity contribution in [1.29, 1.82) is 0 Å². The van der Waals surface area contributed by atoms with Gasteiger partial charge in [0.1, 0.15) is 17.2 Å². The highest BCUT2D eigenvalue weighted by Crippen LogP contribution is 2.26. The van der Waals surface area contributed by atoms with Crippen molar-refractivity contribution in [2.45, 2.75) is 0 Å². The molecule has 1 aromatic heterocycles. The van der Waals surface area contributed by atoms with Gasteiger partial charge in [-0.1, -0.05) is 0 Å². The fourth-order valence-electron chi connectivity index (χ4n) is 2.47. The van der Waals surface area contributed by atoms with Crippen LogP contribution in [0.1, 0.15) is 10.4 Å². The number of nitrogens with zero attached hydrogens (tertiary/aromatic N) is 1. The van der Waals surface area contributed by atoms with Gasteiger partial charge in [-0.15, -0.1) is 11.3 Å². The van der Waals surface area contributed by atoms with Crippen molar-refractivity contribution >= 4 is 39.7 Å². The van der Waals surface area contributed by atoms with Crippen LogP contribution in [0.2, 0.25) is 0 Å². The normalized spacial score (nSPS) is 10.2. The Kier molecular flexibility index (Phi) is 6.63. The van der Waals surface area contributed by atoms with Crippen molar-refractivity contribution < 1.29 is 19.0 Å². The Hall–Kier alpha value is -3.17. The van der Waals surface area contributed by atoms with Gasteiger partial charge < -0.3 is 19.5 Å². The van der Waals surface area contributed by atoms with Gasteiger partial charge in [0.25, 0.3) is 5.91 Å². The first-order chi connectivity index (χ1) is 14.0. The number of hydrogen-bond donors (Lipinski definition) is 2. The number of thiocarbonyl (C=S) groups is 1. The number of methoxy groups -OCH3 is 3. The molecule has 2 aromatic carbocycles. The molecule has 29 heavy (non-hydrogen) atoms. The van der Waals surface area contributed by atoms with Crippen molar-refractivity contribution in [3.63, 3.8) is 0 Å². The van der Waals surface area contributed by atoms with Crippen LogP contribution in [-0.2, 0) is 0 Å². The highest BCUT2D eigenvalue weighted by molar-refractivity contribution is 7.80. The number of rotatable bonds is 6. The number of amides is 1. The second kappa shape index (κ2) is 9.35. The number of carbonyl (C=O) groups is 1. The number of anilines is 1. The molecule has 1 amide bonds. The summed E-state index contributed by atoms with van der Waals surface area (Å²) in [6.45, 7) is 0. The van der Waals surface area contributed by atoms with E-state index in [4.69, 9.17) is 26.4 Å². The molecule has 0 aliphatic rings. The molecular formula is C20H19N3O4S2. The summed E-state index contributed by atoms with van der Waals surface area (Å²) in [5, 5.41) is 8.19. The molecule has 0 fully saturated rings. The molecule has 9 heteroatoms. The van der Waals surface area contributed by atoms with Crippen molar-refractivity contribution in [2.24, 2.45) is 0 Å². The third-order valence-electron chi connectivity index (χ3n) is 3.95. The molecule has 7 nitrogen and oxygen atoms in total. The second-order valence-corrected chi connectivity index (χ2v) is 7.04. The summed E-state index contributed by atoms with van der Waals surface area (Å²) >= 11 is 6.62. The third-order valence-corrected chi connectivity index (χ3v) is 4.91. The lowest BCUT2D eigenvalue weighted by Crippen LogP contribution is -2.34. The zero-order valence-electron chi connectivity index (χ0n) is 16.0. The fourth-order valence-corrected chi connectivity index (χ4v) is 3.45. The van der Waals surface area contributed by atoms with E-state index >= 15 is 0 Å². The summed E-state index contributed by atoms with van der Waals surface area (Å²) in [6.07, 6.45) is 0. The minimum atomic E-state index is -0.383. The van der Waals surface area contributed by atoms with Gasteiger partial charge in [-0.2, -0.15) is 0 Å². The van der Waals surface area contributed by atoms with Gasteiger partial charge in [0.2, 0.25) is 0 Å². The number of hydrogen-bond acceptors (Lipinski definition) is 7. The van der Waals surface area contributed by atoms with Crippen LogP contribution in [0.4, 0.5) is 5.13 Å². The van der Waals surface area contributed by atoms with E-state index in [0.29, 0.717) is 22.2 Å². The Balaban J connectivity index is 1.65. The van der Waals surface area contributed by atoms with Crippen LogP contribution < -0.4 is 24.8 Å². The maximum Gasteiger partial charge on any atom is 0.257 e. The van der Waals surface area contributed by atoms with E-state index in [1.807, 2.05) is 29.6 Å². The molecule has 0 radical (unpaired) electrons. The van der Waals surface area contributed by atoms with Crippen LogP contribution in [0.5, 0.6) is 17.2 Å². The molecule has 150 valence electrons. The molecule has 0 spiro atoms. The van der Waals surface area contributed by atoms with Crippen molar-refractivity contribution in [3.8, 4) is 28.5 Å². The third kappa shape index (κ3) is 5.21. The van der Waals surface area contributed by atoms with Crippen LogP contribution in [0.15, 0.2) is 47.8 Å². The predicted octanol–water partition coefficient (Wildman–Crippen LogP) is 3.96. The van der Waals surface area contributed by atoms with Gasteiger partial charge in [0.05, 0.1) is 27.0 Å². The molecule has 3 rings (SSSR count). The number of ether oxygens (including phenoxy) is 3. The van der Waals surface area contributed by atoms with Crippen LogP contribution in [-0.4, -0.2) is 37.3 Å². The SMILES string of the molecule is COc1ccc(-c2csc(NC(=S)NC(=O)c3cc(OC)cc(OC)c3)n2)cc1. The summed E-state index contributed by atoms with van der Waals surface area (Å²) in [4.78, 5) is 17.0. The Labute approximate surface area is 177 Å². The number of aromatic nitrogens is 1. The van der Waals surface area contributed by atoms with Crippen LogP contribution in [0.3, 0.4) is 0 Å². The zero-order chi connectivity index (χ0) is 20.8. The van der Waals surface area contributed by atoms with Crippen molar-refractivity contribution in [3.05, 3.63) is 53.4 Å². The van der Waals surface area contributed by atoms with Gasteiger partial charge in [-0.3, -0.25) is 10.1 Å². The lowest BCUT2D eigenvalue weighted by atomic mass is 10.2. The lowest BCUT2D eigenvalue weighted by Gasteiger charge is -2.10.